The van der Waals surface area contributed by atoms with E-state index in [9.17, 15) is 0 Å². The summed E-state index contributed by atoms with van der Waals surface area (Å²) in [4.78, 5) is 2.51. The van der Waals surface area contributed by atoms with Gasteiger partial charge in [0.2, 0.25) is 0 Å². The molecular formula is C62H68N2S. The van der Waals surface area contributed by atoms with Gasteiger partial charge in [-0.25, -0.2) is 0 Å². The minimum atomic E-state index is 1.00. The Kier molecular flexibility index (Phi) is 18.2. The molecule has 0 N–H and O–H groups in total. The number of anilines is 2. The third-order valence-electron chi connectivity index (χ3n) is 11.6. The molecule has 0 fully saturated rings. The van der Waals surface area contributed by atoms with Crippen molar-refractivity contribution in [3.63, 3.8) is 0 Å². The van der Waals surface area contributed by atoms with Crippen LogP contribution in [0.1, 0.15) is 93.9 Å². The quantitative estimate of drug-likeness (QED) is 0.104. The molecule has 0 saturated heterocycles. The van der Waals surface area contributed by atoms with Gasteiger partial charge in [-0.15, -0.1) is 11.3 Å². The van der Waals surface area contributed by atoms with E-state index >= 15 is 0 Å². The molecule has 6 aromatic carbocycles. The van der Waals surface area contributed by atoms with Gasteiger partial charge in [0.05, 0.1) is 21.4 Å². The number of thiophene rings is 1. The number of fused-ring (bicyclic) bond motifs is 6. The van der Waals surface area contributed by atoms with Crippen molar-refractivity contribution in [1.82, 2.24) is 4.57 Å². The van der Waals surface area contributed by atoms with Crippen LogP contribution < -0.4 is 4.90 Å². The van der Waals surface area contributed by atoms with Crippen molar-refractivity contribution in [2.75, 3.05) is 4.90 Å². The first kappa shape index (κ1) is 48.0. The Balaban J connectivity index is 0.000000446. The summed E-state index contributed by atoms with van der Waals surface area (Å²) >= 11 is 1.90. The highest BCUT2D eigenvalue weighted by Crippen LogP contribution is 2.45. The third kappa shape index (κ3) is 10.9. The average Bonchev–Trinajstić information content (AvgIpc) is 3.95. The Morgan fingerprint density at radius 3 is 1.65 bits per heavy atom. The minimum absolute atomic E-state index is 1.00. The highest BCUT2D eigenvalue weighted by molar-refractivity contribution is 7.26. The predicted molar refractivity (Wildman–Crippen MR) is 292 cm³/mol. The van der Waals surface area contributed by atoms with Crippen LogP contribution in [0, 0.1) is 0 Å². The fourth-order valence-electron chi connectivity index (χ4n) is 8.65. The molecule has 2 aromatic heterocycles. The maximum absolute atomic E-state index is 2.51. The molecule has 332 valence electrons. The number of rotatable bonds is 9. The van der Waals surface area contributed by atoms with Crippen LogP contribution in [0.15, 0.2) is 211 Å². The van der Waals surface area contributed by atoms with E-state index in [1.54, 1.807) is 0 Å². The van der Waals surface area contributed by atoms with E-state index < -0.39 is 0 Å². The van der Waals surface area contributed by atoms with E-state index in [0.29, 0.717) is 0 Å². The Bertz CT molecular complexity index is 2880. The Labute approximate surface area is 394 Å². The molecule has 0 aliphatic heterocycles. The molecule has 0 radical (unpaired) electrons. The molecular weight excluding hydrogens is 805 g/mol. The van der Waals surface area contributed by atoms with Gasteiger partial charge in [-0.05, 0) is 129 Å². The predicted octanol–water partition coefficient (Wildman–Crippen LogP) is 19.8. The van der Waals surface area contributed by atoms with Crippen molar-refractivity contribution in [2.45, 2.75) is 93.9 Å². The normalized spacial score (nSPS) is 13.2. The van der Waals surface area contributed by atoms with Crippen molar-refractivity contribution < 1.29 is 0 Å². The molecule has 8 aromatic rings. The summed E-state index contributed by atoms with van der Waals surface area (Å²) in [6.45, 7) is 16.1. The summed E-state index contributed by atoms with van der Waals surface area (Å²) in [5, 5.41) is 5.22. The van der Waals surface area contributed by atoms with Gasteiger partial charge in [-0.1, -0.05) is 181 Å². The van der Waals surface area contributed by atoms with Gasteiger partial charge in [-0.2, -0.15) is 0 Å². The average molecular weight is 873 g/mol. The number of para-hydroxylation sites is 2. The largest absolute Gasteiger partial charge is 0.313 e. The number of benzene rings is 6. The van der Waals surface area contributed by atoms with E-state index in [1.807, 2.05) is 52.9 Å². The molecule has 2 aliphatic rings. The van der Waals surface area contributed by atoms with Crippen molar-refractivity contribution in [3.05, 3.63) is 211 Å². The van der Waals surface area contributed by atoms with Crippen LogP contribution in [-0.2, 0) is 0 Å². The number of hydrogen-bond acceptors (Lipinski definition) is 2. The van der Waals surface area contributed by atoms with Crippen LogP contribution in [0.4, 0.5) is 11.4 Å². The van der Waals surface area contributed by atoms with Crippen molar-refractivity contribution in [3.8, 4) is 16.8 Å². The molecule has 0 bridgehead atoms. The lowest BCUT2D eigenvalue weighted by atomic mass is 9.90. The van der Waals surface area contributed by atoms with E-state index in [4.69, 9.17) is 0 Å². The number of aromatic nitrogens is 1. The topological polar surface area (TPSA) is 8.17 Å². The van der Waals surface area contributed by atoms with E-state index in [2.05, 4.69) is 218 Å². The molecule has 0 unspecified atom stereocenters. The number of hydrogen-bond donors (Lipinski definition) is 0. The molecule has 65 heavy (non-hydrogen) atoms. The Morgan fingerprint density at radius 1 is 0.523 bits per heavy atom. The Hall–Kier alpha value is -6.42. The molecule has 2 heterocycles. The molecule has 10 rings (SSSR count). The van der Waals surface area contributed by atoms with Gasteiger partial charge < -0.3 is 9.47 Å². The first-order valence-corrected chi connectivity index (χ1v) is 24.9. The van der Waals surface area contributed by atoms with Crippen molar-refractivity contribution in [1.29, 1.82) is 0 Å². The molecule has 0 saturated carbocycles. The fourth-order valence-corrected chi connectivity index (χ4v) is 9.86. The highest BCUT2D eigenvalue weighted by Gasteiger charge is 2.22. The highest BCUT2D eigenvalue weighted by atomic mass is 32.1. The monoisotopic (exact) mass is 873 g/mol. The lowest BCUT2D eigenvalue weighted by Crippen LogP contribution is -2.18. The van der Waals surface area contributed by atoms with Gasteiger partial charge in [0.25, 0.3) is 0 Å². The molecule has 0 amide bonds. The lowest BCUT2D eigenvalue weighted by molar-refractivity contribution is 0.851. The third-order valence-corrected chi connectivity index (χ3v) is 12.8. The van der Waals surface area contributed by atoms with Crippen LogP contribution in [0.5, 0.6) is 0 Å². The fraction of sp³-hybridized carbons (Fsp3) is 0.226. The summed E-state index contributed by atoms with van der Waals surface area (Å²) < 4.78 is 5.04. The maximum Gasteiger partial charge on any atom is 0.0637 e. The first-order valence-electron chi connectivity index (χ1n) is 24.1. The standard InChI is InChI=1S/C48H36N2S.C8H14.3C2H6/c1-2-11-33(12-3-1)34-21-27-37(28-22-34)49(46-19-10-16-43-42-15-6-9-20-47(42)51-48(43)46)38-29-23-35(24-30-38)36-25-31-39(32-26-36)50-44-17-7-4-13-40(44)41-14-5-8-18-45(41)50;1-3-5-7-8-6-4-2;3*1-2/h1-2,4-11,13-21,23-27,29-32H,3,12,22,28H2;3-6H,7-8H2,1-2H3;3*1-2H3/b;5-3-,6-4-;;;. The van der Waals surface area contributed by atoms with Crippen molar-refractivity contribution >= 4 is 64.7 Å². The summed E-state index contributed by atoms with van der Waals surface area (Å²) in [6.07, 6.45) is 26.7. The van der Waals surface area contributed by atoms with Gasteiger partial charge >= 0.3 is 0 Å². The van der Waals surface area contributed by atoms with E-state index in [-0.39, 0.29) is 0 Å². The van der Waals surface area contributed by atoms with E-state index in [1.165, 1.54) is 99.9 Å². The molecule has 0 spiro atoms. The second-order valence-electron chi connectivity index (χ2n) is 15.3. The lowest BCUT2D eigenvalue weighted by Gasteiger charge is -2.31. The summed E-state index contributed by atoms with van der Waals surface area (Å²) in [7, 11) is 0. The molecule has 2 aliphatic carbocycles. The van der Waals surface area contributed by atoms with Crippen LogP contribution >= 0.6 is 11.3 Å². The Morgan fingerprint density at radius 2 is 1.08 bits per heavy atom. The minimum Gasteiger partial charge on any atom is -0.313 e. The number of unbranched alkanes of at least 4 members (excludes halogenated alkanes) is 1. The van der Waals surface area contributed by atoms with Gasteiger partial charge in [0.1, 0.15) is 0 Å². The van der Waals surface area contributed by atoms with Gasteiger partial charge in [0.15, 0.2) is 0 Å². The summed E-state index contributed by atoms with van der Waals surface area (Å²) in [5.41, 5.74) is 12.8. The molecule has 0 atom stereocenters. The smallest absolute Gasteiger partial charge is 0.0637 e. The van der Waals surface area contributed by atoms with Crippen LogP contribution in [0.25, 0.3) is 58.8 Å². The molecule has 3 heteroatoms. The number of nitrogens with zero attached hydrogens (tertiary/aromatic N) is 2. The zero-order valence-electron chi connectivity index (χ0n) is 40.0. The zero-order chi connectivity index (χ0) is 46.0. The SMILES string of the molecule is C/C=C\CC/C=C\C.C1=CCCC(C2=CC=C(N(c3ccc(-c4ccc(-n5c6ccccc6c6ccccc65)cc4)cc3)c3cccc4c3sc3ccccc34)CC2)=C1.CC.CC.CC. The van der Waals surface area contributed by atoms with Crippen LogP contribution in [0.3, 0.4) is 0 Å². The first-order chi connectivity index (χ1) is 32.2. The van der Waals surface area contributed by atoms with Crippen LogP contribution in [0.2, 0.25) is 0 Å². The summed E-state index contributed by atoms with van der Waals surface area (Å²) in [5.74, 6) is 0. The van der Waals surface area contributed by atoms with Gasteiger partial charge in [0, 0.05) is 43.3 Å². The molecule has 2 nitrogen and oxygen atoms in total. The summed E-state index contributed by atoms with van der Waals surface area (Å²) in [6, 6.07) is 51.2. The number of allylic oxidation sites excluding steroid dienone is 12. The van der Waals surface area contributed by atoms with Crippen molar-refractivity contribution in [2.24, 2.45) is 0 Å². The van der Waals surface area contributed by atoms with Gasteiger partial charge in [-0.3, -0.25) is 0 Å². The second-order valence-corrected chi connectivity index (χ2v) is 16.3. The second kappa shape index (κ2) is 24.6. The zero-order valence-corrected chi connectivity index (χ0v) is 40.8. The van der Waals surface area contributed by atoms with Crippen LogP contribution in [-0.4, -0.2) is 4.57 Å². The maximum atomic E-state index is 2.51. The van der Waals surface area contributed by atoms with E-state index in [0.717, 1.165) is 25.7 Å².